The summed E-state index contributed by atoms with van der Waals surface area (Å²) in [5.41, 5.74) is 4.54. The molecule has 4 aliphatic carbocycles. The maximum absolute atomic E-state index is 13.6. The highest BCUT2D eigenvalue weighted by molar-refractivity contribution is 6.54. The minimum absolute atomic E-state index is 0.126. The van der Waals surface area contributed by atoms with Crippen molar-refractivity contribution in [3.8, 4) is 0 Å². The Kier molecular flexibility index (Phi) is 25.5. The highest BCUT2D eigenvalue weighted by Crippen LogP contribution is 2.47. The molecule has 34 nitrogen and oxygen atoms in total. The lowest BCUT2D eigenvalue weighted by molar-refractivity contribution is 0.00578. The van der Waals surface area contributed by atoms with Crippen molar-refractivity contribution in [2.24, 2.45) is 0 Å². The van der Waals surface area contributed by atoms with Crippen molar-refractivity contribution in [3.63, 3.8) is 0 Å². The van der Waals surface area contributed by atoms with Gasteiger partial charge in [0, 0.05) is 56.8 Å². The Bertz CT molecular complexity index is 5520. The van der Waals surface area contributed by atoms with Gasteiger partial charge in [0.2, 0.25) is 0 Å². The van der Waals surface area contributed by atoms with Crippen LogP contribution >= 0.6 is 11.6 Å². The highest BCUT2D eigenvalue weighted by Gasteiger charge is 2.54. The minimum atomic E-state index is -0.658. The molecule has 36 heteroatoms. The first-order valence-electron chi connectivity index (χ1n) is 44.4. The lowest BCUT2D eigenvalue weighted by atomic mass is 9.75. The van der Waals surface area contributed by atoms with Crippen LogP contribution in [-0.4, -0.2) is 153 Å². The molecule has 662 valence electrons. The van der Waals surface area contributed by atoms with Crippen molar-refractivity contribution in [1.82, 2.24) is 79.4 Å². The molecule has 4 amide bonds. The Morgan fingerprint density at radius 3 is 1.06 bits per heavy atom. The quantitative estimate of drug-likeness (QED) is 0.0527. The number of hydrogen-bond donors (Lipinski definition) is 8. The molecule has 8 N–H and O–H groups in total. The van der Waals surface area contributed by atoms with Crippen LogP contribution in [0.5, 0.6) is 0 Å². The zero-order valence-electron chi connectivity index (χ0n) is 71.6. The summed E-state index contributed by atoms with van der Waals surface area (Å²) in [7, 11) is -0.182. The van der Waals surface area contributed by atoms with E-state index < -0.39 is 22.7 Å². The van der Waals surface area contributed by atoms with Crippen molar-refractivity contribution in [1.29, 1.82) is 0 Å². The van der Waals surface area contributed by atoms with Crippen LogP contribution in [0.4, 0.5) is 46.0 Å². The van der Waals surface area contributed by atoms with Gasteiger partial charge in [-0.15, -0.1) is 0 Å². The molecule has 7 fully saturated rings. The second-order valence-electron chi connectivity index (χ2n) is 35.4. The van der Waals surface area contributed by atoms with Crippen LogP contribution in [0.3, 0.4) is 0 Å². The van der Waals surface area contributed by atoms with Gasteiger partial charge >= 0.3 is 7.12 Å². The van der Waals surface area contributed by atoms with Crippen molar-refractivity contribution in [2.75, 3.05) is 74.1 Å². The lowest BCUT2D eigenvalue weighted by Crippen LogP contribution is -2.48. The number of ether oxygens (including phenoxy) is 4. The molecule has 0 atom stereocenters. The second kappa shape index (κ2) is 37.0. The number of nitrogens with zero attached hydrogens (tertiary/aromatic N) is 12. The molecule has 0 unspecified atom stereocenters. The maximum atomic E-state index is 13.6. The molecule has 3 saturated heterocycles. The number of rotatable bonds is 12. The third kappa shape index (κ3) is 17.5. The van der Waals surface area contributed by atoms with E-state index in [0.29, 0.717) is 116 Å². The number of fused-ring (bicyclic) bond motifs is 8. The summed E-state index contributed by atoms with van der Waals surface area (Å²) < 4.78 is 40.4. The van der Waals surface area contributed by atoms with Crippen LogP contribution in [0.25, 0.3) is 5.57 Å². The smallest absolute Gasteiger partial charge is 0.400 e. The summed E-state index contributed by atoms with van der Waals surface area (Å²) in [5, 5.41) is 25.2. The monoisotopic (exact) mass is 1740 g/mol. The first kappa shape index (κ1) is 86.9. The van der Waals surface area contributed by atoms with Gasteiger partial charge in [0.15, 0.2) is 0 Å². The fraction of sp³-hybridized carbons (Fsp3) is 0.511. The predicted octanol–water partition coefficient (Wildman–Crippen LogP) is 12.2. The SMILES string of the molecule is CC1(C)OB(C2=CCOCC2)OC1(C)C.O=C1NC2(CCCCC2)n2c1c(C1=CCOCC1)cc(Nc1ccncn1)c2=O.O=C1NC2(CCCCC2)n2c1c(C1CCOCC1)cc(Nc1ccncn1)c2=O.O=C1NC2(CCCCC2)n2c1c(C1CCOCC1)cc(Nc1ccncn1)c2=O.O=C1NC2(CCCCC2)n2c1c(Cl)cc(Nc1ccncn1)c2=O. The molecule has 21 rings (SSSR count). The molecule has 8 aromatic rings. The van der Waals surface area contributed by atoms with Crippen LogP contribution < -0.4 is 64.8 Å². The molecule has 8 aromatic heterocycles. The first-order chi connectivity index (χ1) is 61.1. The number of amides is 4. The fourth-order valence-corrected chi connectivity index (χ4v) is 20.3. The molecular weight excluding hydrogens is 1630 g/mol. The molecule has 13 aliphatic rings. The summed E-state index contributed by atoms with van der Waals surface area (Å²) in [5.74, 6) is 1.84. The van der Waals surface area contributed by atoms with Crippen molar-refractivity contribution in [2.45, 2.75) is 240 Å². The average molecular weight is 1740 g/mol. The number of carbonyl (C=O) groups excluding carboxylic acids is 4. The van der Waals surface area contributed by atoms with Crippen LogP contribution in [-0.2, 0) is 50.9 Å². The number of carbonyl (C=O) groups is 4. The van der Waals surface area contributed by atoms with Gasteiger partial charge in [-0.3, -0.25) is 56.6 Å². The zero-order chi connectivity index (χ0) is 87.4. The van der Waals surface area contributed by atoms with Gasteiger partial charge in [-0.25, -0.2) is 39.9 Å². The number of pyridine rings is 4. The van der Waals surface area contributed by atoms with E-state index >= 15 is 0 Å². The van der Waals surface area contributed by atoms with E-state index in [9.17, 15) is 38.4 Å². The summed E-state index contributed by atoms with van der Waals surface area (Å²) in [6, 6.07) is 13.8. The van der Waals surface area contributed by atoms with Crippen molar-refractivity contribution in [3.05, 3.63) is 202 Å². The van der Waals surface area contributed by atoms with Gasteiger partial charge in [-0.2, -0.15) is 0 Å². The van der Waals surface area contributed by atoms with E-state index in [2.05, 4.69) is 116 Å². The molecule has 0 bridgehead atoms. The zero-order valence-corrected chi connectivity index (χ0v) is 72.4. The van der Waals surface area contributed by atoms with Gasteiger partial charge in [-0.1, -0.05) is 49.4 Å². The van der Waals surface area contributed by atoms with Crippen LogP contribution in [0.15, 0.2) is 135 Å². The van der Waals surface area contributed by atoms with Crippen LogP contribution in [0.2, 0.25) is 5.02 Å². The molecule has 126 heavy (non-hydrogen) atoms. The summed E-state index contributed by atoms with van der Waals surface area (Å²) in [4.78, 5) is 138. The summed E-state index contributed by atoms with van der Waals surface area (Å²) >= 11 is 6.32. The van der Waals surface area contributed by atoms with Gasteiger partial charge in [0.1, 0.15) is 117 Å². The number of halogens is 1. The Balaban J connectivity index is 0.000000113. The van der Waals surface area contributed by atoms with Gasteiger partial charge < -0.3 is 70.8 Å². The minimum Gasteiger partial charge on any atom is -0.400 e. The van der Waals surface area contributed by atoms with E-state index in [1.54, 1.807) is 73.4 Å². The number of aromatic nitrogens is 12. The fourth-order valence-electron chi connectivity index (χ4n) is 20.0. The number of nitrogens with one attached hydrogen (secondary N) is 8. The van der Waals surface area contributed by atoms with E-state index in [-0.39, 0.29) is 86.7 Å². The standard InChI is InChI=1S/2C21H25N5O3.C21H23N5O3.C16H16ClN5O2.C11H19BO3/c3*27-19-18-15(14-5-10-29-11-6-14)12-16(24-17-4-9-22-13-23-17)20(28)26(18)21(25-19)7-2-1-3-8-21;17-10-8-11(20-12-4-7-18-9-19-12)15(24)22-13(10)14(23)21-16(22)5-2-1-3-6-16;1-10(2)11(3,4)15-12(14-10)9-5-7-13-8-6-9/h2*4,9,12-14H,1-3,5-8,10-11H2,(H,25,27)(H,22,23,24);4-5,9,12-13H,1-3,6-8,10-11H2,(H,25,27)(H,22,23,24);4,7-9H,1-3,5-6H2,(H,21,23)(H,18,19,20);5H,6-8H2,1-4H3. The highest BCUT2D eigenvalue weighted by atomic mass is 35.5. The molecule has 0 aromatic carbocycles. The first-order valence-corrected chi connectivity index (χ1v) is 44.8. The number of anilines is 8. The largest absolute Gasteiger partial charge is 0.490 e. The predicted molar refractivity (Wildman–Crippen MR) is 472 cm³/mol. The van der Waals surface area contributed by atoms with E-state index in [1.165, 1.54) is 36.8 Å². The Morgan fingerprint density at radius 1 is 0.389 bits per heavy atom. The Hall–Kier alpha value is -11.2. The molecule has 4 saturated carbocycles. The molecule has 9 aliphatic heterocycles. The van der Waals surface area contributed by atoms with Crippen LogP contribution in [0, 0.1) is 0 Å². The van der Waals surface area contributed by atoms with Crippen molar-refractivity contribution >= 4 is 93.9 Å². The third-order valence-corrected chi connectivity index (χ3v) is 27.3. The second-order valence-corrected chi connectivity index (χ2v) is 35.9. The summed E-state index contributed by atoms with van der Waals surface area (Å²) in [6.07, 6.45) is 39.8. The lowest BCUT2D eigenvalue weighted by Gasteiger charge is -2.35. The Labute approximate surface area is 733 Å². The van der Waals surface area contributed by atoms with E-state index in [1.807, 2.05) is 18.2 Å². The molecule has 4 spiro atoms. The topological polar surface area (TPSA) is 411 Å². The molecule has 17 heterocycles. The Morgan fingerprint density at radius 2 is 0.714 bits per heavy atom. The third-order valence-electron chi connectivity index (χ3n) is 27.1. The van der Waals surface area contributed by atoms with E-state index in [4.69, 9.17) is 39.9 Å². The molecular formula is C90H108BClN20O14. The van der Waals surface area contributed by atoms with Gasteiger partial charge in [0.25, 0.3) is 45.9 Å². The average Bonchev–Trinajstić information content (AvgIpc) is 1.59. The summed E-state index contributed by atoms with van der Waals surface area (Å²) in [6.45, 7) is 13.6. The van der Waals surface area contributed by atoms with E-state index in [0.717, 1.165) is 189 Å². The van der Waals surface area contributed by atoms with Crippen LogP contribution in [0.1, 0.15) is 265 Å². The van der Waals surface area contributed by atoms with Gasteiger partial charge in [0.05, 0.1) is 42.7 Å². The molecule has 0 radical (unpaired) electrons. The van der Waals surface area contributed by atoms with Crippen molar-refractivity contribution < 1.29 is 47.4 Å². The van der Waals surface area contributed by atoms with Gasteiger partial charge in [-0.05, 0) is 251 Å². The maximum Gasteiger partial charge on any atom is 0.490 e. The number of hydrogen-bond acceptors (Lipinski definition) is 26. The normalized spacial score (nSPS) is 21.3.